The molecule has 8 nitrogen and oxygen atoms in total. The second kappa shape index (κ2) is 9.86. The number of ether oxygens (including phenoxy) is 1. The lowest BCUT2D eigenvalue weighted by molar-refractivity contribution is -0.139. The zero-order valence-corrected chi connectivity index (χ0v) is 13.5. The molecular weight excluding hydrogens is 312 g/mol. The van der Waals surface area contributed by atoms with Crippen LogP contribution in [0.1, 0.15) is 18.4 Å². The van der Waals surface area contributed by atoms with Crippen LogP contribution >= 0.6 is 0 Å². The minimum Gasteiger partial charge on any atom is -0.480 e. The normalized spacial score (nSPS) is 15.8. The van der Waals surface area contributed by atoms with Gasteiger partial charge in [-0.1, -0.05) is 30.3 Å². The molecule has 1 atom stereocenters. The molecule has 0 radical (unpaired) electrons. The van der Waals surface area contributed by atoms with E-state index in [4.69, 9.17) is 4.74 Å². The summed E-state index contributed by atoms with van der Waals surface area (Å²) in [6.07, 6.45) is 0.293. The van der Waals surface area contributed by atoms with E-state index in [1.165, 1.54) is 0 Å². The highest BCUT2D eigenvalue weighted by molar-refractivity contribution is 5.79. The van der Waals surface area contributed by atoms with Crippen molar-refractivity contribution in [3.63, 3.8) is 0 Å². The van der Waals surface area contributed by atoms with Crippen LogP contribution in [0.4, 0.5) is 4.79 Å². The van der Waals surface area contributed by atoms with E-state index in [1.54, 1.807) is 0 Å². The van der Waals surface area contributed by atoms with E-state index in [1.807, 2.05) is 30.3 Å². The fourth-order valence-corrected chi connectivity index (χ4v) is 2.37. The first-order valence-electron chi connectivity index (χ1n) is 8.05. The van der Waals surface area contributed by atoms with E-state index in [9.17, 15) is 14.7 Å². The van der Waals surface area contributed by atoms with Crippen LogP contribution in [0.3, 0.4) is 0 Å². The van der Waals surface area contributed by atoms with Crippen molar-refractivity contribution in [3.8, 4) is 0 Å². The molecule has 0 aromatic heterocycles. The first-order chi connectivity index (χ1) is 11.6. The van der Waals surface area contributed by atoms with E-state index >= 15 is 0 Å². The molecule has 8 heteroatoms. The molecule has 1 aliphatic heterocycles. The van der Waals surface area contributed by atoms with Gasteiger partial charge in [0.1, 0.15) is 18.9 Å². The molecule has 1 fully saturated rings. The maximum Gasteiger partial charge on any atom is 0.408 e. The number of hydrogen-bond donors (Lipinski definition) is 5. The van der Waals surface area contributed by atoms with Crippen molar-refractivity contribution < 1.29 is 19.4 Å². The van der Waals surface area contributed by atoms with Gasteiger partial charge >= 0.3 is 12.1 Å². The molecule has 132 valence electrons. The third-order valence-corrected chi connectivity index (χ3v) is 3.64. The molecular formula is C16H24N4O4. The number of carboxylic acid groups (broad SMARTS) is 1. The number of carbonyl (C=O) groups excluding carboxylic acids is 1. The fraction of sp³-hybridized carbons (Fsp3) is 0.500. The van der Waals surface area contributed by atoms with E-state index in [2.05, 4.69) is 21.3 Å². The van der Waals surface area contributed by atoms with Crippen molar-refractivity contribution in [1.29, 1.82) is 0 Å². The van der Waals surface area contributed by atoms with Gasteiger partial charge in [0.05, 0.1) is 0 Å². The number of carbonyl (C=O) groups is 2. The predicted molar refractivity (Wildman–Crippen MR) is 88.2 cm³/mol. The van der Waals surface area contributed by atoms with E-state index in [0.29, 0.717) is 19.4 Å². The minimum atomic E-state index is -1.07. The highest BCUT2D eigenvalue weighted by Crippen LogP contribution is 2.02. The molecule has 0 bridgehead atoms. The fourth-order valence-electron chi connectivity index (χ4n) is 2.37. The maximum atomic E-state index is 11.7. The Morgan fingerprint density at radius 3 is 2.62 bits per heavy atom. The van der Waals surface area contributed by atoms with Gasteiger partial charge in [-0.2, -0.15) is 0 Å². The van der Waals surface area contributed by atoms with Crippen LogP contribution in [0, 0.1) is 0 Å². The van der Waals surface area contributed by atoms with Gasteiger partial charge in [-0.05, 0) is 24.9 Å². The second-order valence-corrected chi connectivity index (χ2v) is 5.53. The maximum absolute atomic E-state index is 11.7. The van der Waals surface area contributed by atoms with Gasteiger partial charge in [0.2, 0.25) is 0 Å². The van der Waals surface area contributed by atoms with Gasteiger partial charge in [-0.3, -0.25) is 16.0 Å². The summed E-state index contributed by atoms with van der Waals surface area (Å²) < 4.78 is 5.05. The summed E-state index contributed by atoms with van der Waals surface area (Å²) in [7, 11) is 0. The van der Waals surface area contributed by atoms with Crippen LogP contribution in [0.15, 0.2) is 30.3 Å². The molecule has 1 aromatic carbocycles. The van der Waals surface area contributed by atoms with Crippen LogP contribution in [0.2, 0.25) is 0 Å². The largest absolute Gasteiger partial charge is 0.480 e. The molecule has 0 saturated carbocycles. The number of nitrogens with one attached hydrogen (secondary N) is 4. The summed E-state index contributed by atoms with van der Waals surface area (Å²) in [5.74, 6) is -1.07. The summed E-state index contributed by atoms with van der Waals surface area (Å²) in [6, 6.07) is 8.27. The molecule has 24 heavy (non-hydrogen) atoms. The zero-order valence-electron chi connectivity index (χ0n) is 13.5. The highest BCUT2D eigenvalue weighted by atomic mass is 16.5. The van der Waals surface area contributed by atoms with Gasteiger partial charge in [-0.25, -0.2) is 9.59 Å². The van der Waals surface area contributed by atoms with Gasteiger partial charge in [0.25, 0.3) is 0 Å². The third-order valence-electron chi connectivity index (χ3n) is 3.64. The lowest BCUT2D eigenvalue weighted by Crippen LogP contribution is -2.46. The smallest absolute Gasteiger partial charge is 0.408 e. The van der Waals surface area contributed by atoms with Crippen LogP contribution < -0.4 is 21.3 Å². The Bertz CT molecular complexity index is 520. The van der Waals surface area contributed by atoms with Crippen molar-refractivity contribution in [2.45, 2.75) is 31.8 Å². The van der Waals surface area contributed by atoms with Crippen molar-refractivity contribution >= 4 is 12.1 Å². The first-order valence-corrected chi connectivity index (χ1v) is 8.05. The van der Waals surface area contributed by atoms with Gasteiger partial charge in [-0.15, -0.1) is 0 Å². The number of alkyl carbamates (subject to hydrolysis) is 1. The van der Waals surface area contributed by atoms with Crippen molar-refractivity contribution in [2.75, 3.05) is 19.6 Å². The lowest BCUT2D eigenvalue weighted by Gasteiger charge is -2.16. The number of carboxylic acids is 1. The standard InChI is InChI=1S/C16H24N4O4/c21-14(22)13(7-4-8-17-15-18-9-10-19-15)20-16(23)24-11-12-5-2-1-3-6-12/h1-3,5-6,13,15,17-19H,4,7-11H2,(H,20,23)(H,21,22)/t13-/m1/s1. The Morgan fingerprint density at radius 2 is 1.96 bits per heavy atom. The molecule has 1 amide bonds. The average molecular weight is 336 g/mol. The molecule has 1 heterocycles. The topological polar surface area (TPSA) is 112 Å². The SMILES string of the molecule is O=C(N[C@H](CCCNC1NCCN1)C(=O)O)OCc1ccccc1. The highest BCUT2D eigenvalue weighted by Gasteiger charge is 2.20. The number of benzene rings is 1. The summed E-state index contributed by atoms with van der Waals surface area (Å²) in [5.41, 5.74) is 0.847. The molecule has 0 unspecified atom stereocenters. The van der Waals surface area contributed by atoms with Crippen molar-refractivity contribution in [1.82, 2.24) is 21.3 Å². The molecule has 1 aliphatic rings. The second-order valence-electron chi connectivity index (χ2n) is 5.53. The molecule has 0 aliphatic carbocycles. The Balaban J connectivity index is 1.65. The first kappa shape index (κ1) is 18.2. The summed E-state index contributed by atoms with van der Waals surface area (Å²) in [4.78, 5) is 23.0. The van der Waals surface area contributed by atoms with Crippen molar-refractivity contribution in [2.24, 2.45) is 0 Å². The van der Waals surface area contributed by atoms with Crippen LogP contribution in [0.5, 0.6) is 0 Å². The van der Waals surface area contributed by atoms with Crippen LogP contribution in [0.25, 0.3) is 0 Å². The van der Waals surface area contributed by atoms with Crippen LogP contribution in [-0.4, -0.2) is 49.1 Å². The van der Waals surface area contributed by atoms with Crippen molar-refractivity contribution in [3.05, 3.63) is 35.9 Å². The Hall–Kier alpha value is -2.16. The molecule has 2 rings (SSSR count). The predicted octanol–water partition coefficient (Wildman–Crippen LogP) is 0.212. The molecule has 5 N–H and O–H groups in total. The Kier molecular flexibility index (Phi) is 7.47. The minimum absolute atomic E-state index is 0.0667. The lowest BCUT2D eigenvalue weighted by atomic mass is 10.1. The summed E-state index contributed by atoms with van der Waals surface area (Å²) in [6.45, 7) is 2.57. The number of amides is 1. The summed E-state index contributed by atoms with van der Waals surface area (Å²) >= 11 is 0. The van der Waals surface area contributed by atoms with E-state index in [-0.39, 0.29) is 12.9 Å². The molecule has 1 saturated heterocycles. The molecule has 0 spiro atoms. The summed E-state index contributed by atoms with van der Waals surface area (Å²) in [5, 5.41) is 21.2. The van der Waals surface area contributed by atoms with Gasteiger partial charge in [0, 0.05) is 13.1 Å². The van der Waals surface area contributed by atoms with E-state index < -0.39 is 18.1 Å². The van der Waals surface area contributed by atoms with Crippen LogP contribution in [-0.2, 0) is 16.1 Å². The zero-order chi connectivity index (χ0) is 17.2. The third kappa shape index (κ3) is 6.53. The Morgan fingerprint density at radius 1 is 1.25 bits per heavy atom. The number of hydrogen-bond acceptors (Lipinski definition) is 6. The van der Waals surface area contributed by atoms with Gasteiger partial charge < -0.3 is 15.2 Å². The number of aliphatic carboxylic acids is 1. The van der Waals surface area contributed by atoms with Gasteiger partial charge in [0.15, 0.2) is 0 Å². The number of rotatable bonds is 9. The quantitative estimate of drug-likeness (QED) is 0.410. The monoisotopic (exact) mass is 336 g/mol. The molecule has 1 aromatic rings. The van der Waals surface area contributed by atoms with E-state index in [0.717, 1.165) is 18.7 Å². The Labute approximate surface area is 141 Å². The average Bonchev–Trinajstić information content (AvgIpc) is 3.10.